The standard InChI is InChI=1S/C7H11N3S/c1-5-4-11-7(9-5)6(8)10(2)3/h4,8H,1-3H3. The molecule has 0 aromatic carbocycles. The fraction of sp³-hybridized carbons (Fsp3) is 0.429. The van der Waals surface area contributed by atoms with Gasteiger partial charge < -0.3 is 4.90 Å². The molecule has 3 nitrogen and oxygen atoms in total. The number of hydrogen-bond donors (Lipinski definition) is 1. The van der Waals surface area contributed by atoms with Crippen molar-refractivity contribution in [3.8, 4) is 0 Å². The Labute approximate surface area is 70.2 Å². The summed E-state index contributed by atoms with van der Waals surface area (Å²) in [5.74, 6) is 0.475. The molecule has 1 aromatic rings. The number of aromatic nitrogens is 1. The van der Waals surface area contributed by atoms with Crippen molar-refractivity contribution >= 4 is 17.2 Å². The lowest BCUT2D eigenvalue weighted by molar-refractivity contribution is 0.618. The third-order valence-electron chi connectivity index (χ3n) is 1.27. The second kappa shape index (κ2) is 3.00. The van der Waals surface area contributed by atoms with Gasteiger partial charge in [-0.15, -0.1) is 11.3 Å². The second-order valence-corrected chi connectivity index (χ2v) is 3.40. The maximum absolute atomic E-state index is 7.57. The Morgan fingerprint density at radius 1 is 1.64 bits per heavy atom. The van der Waals surface area contributed by atoms with Crippen molar-refractivity contribution < 1.29 is 0 Å². The maximum atomic E-state index is 7.57. The van der Waals surface area contributed by atoms with Gasteiger partial charge in [0.2, 0.25) is 0 Å². The summed E-state index contributed by atoms with van der Waals surface area (Å²) in [6.07, 6.45) is 0. The van der Waals surface area contributed by atoms with Crippen LogP contribution < -0.4 is 0 Å². The van der Waals surface area contributed by atoms with E-state index < -0.39 is 0 Å². The van der Waals surface area contributed by atoms with Crippen LogP contribution in [-0.2, 0) is 0 Å². The van der Waals surface area contributed by atoms with Gasteiger partial charge in [-0.1, -0.05) is 0 Å². The van der Waals surface area contributed by atoms with E-state index in [2.05, 4.69) is 4.98 Å². The van der Waals surface area contributed by atoms with E-state index in [-0.39, 0.29) is 0 Å². The zero-order valence-electron chi connectivity index (χ0n) is 6.88. The molecule has 1 N–H and O–H groups in total. The van der Waals surface area contributed by atoms with E-state index in [1.807, 2.05) is 26.4 Å². The molecule has 1 aromatic heterocycles. The lowest BCUT2D eigenvalue weighted by Gasteiger charge is -2.09. The molecule has 0 saturated carbocycles. The van der Waals surface area contributed by atoms with Crippen molar-refractivity contribution in [2.24, 2.45) is 0 Å². The minimum atomic E-state index is 0.475. The molecular formula is C7H11N3S. The van der Waals surface area contributed by atoms with E-state index in [0.29, 0.717) is 5.84 Å². The monoisotopic (exact) mass is 169 g/mol. The molecule has 0 fully saturated rings. The molecule has 0 unspecified atom stereocenters. The summed E-state index contributed by atoms with van der Waals surface area (Å²) in [6.45, 7) is 1.93. The summed E-state index contributed by atoms with van der Waals surface area (Å²) in [6, 6.07) is 0. The zero-order valence-corrected chi connectivity index (χ0v) is 7.70. The molecular weight excluding hydrogens is 158 g/mol. The quantitative estimate of drug-likeness (QED) is 0.509. The molecule has 1 rings (SSSR count). The number of nitrogens with one attached hydrogen (secondary N) is 1. The molecule has 4 heteroatoms. The first kappa shape index (κ1) is 8.20. The van der Waals surface area contributed by atoms with Crippen molar-refractivity contribution in [1.82, 2.24) is 9.88 Å². The molecule has 0 aliphatic rings. The SMILES string of the molecule is Cc1csc(C(=N)N(C)C)n1. The molecule has 0 saturated heterocycles. The number of hydrogen-bond acceptors (Lipinski definition) is 3. The normalized spacial score (nSPS) is 9.73. The Morgan fingerprint density at radius 2 is 2.27 bits per heavy atom. The van der Waals surface area contributed by atoms with Crippen molar-refractivity contribution in [2.45, 2.75) is 6.92 Å². The molecule has 60 valence electrons. The van der Waals surface area contributed by atoms with Gasteiger partial charge in [-0.2, -0.15) is 0 Å². The highest BCUT2D eigenvalue weighted by Crippen LogP contribution is 2.09. The number of aryl methyl sites for hydroxylation is 1. The van der Waals surface area contributed by atoms with Crippen LogP contribution in [0.15, 0.2) is 5.38 Å². The van der Waals surface area contributed by atoms with Crippen LogP contribution in [0.4, 0.5) is 0 Å². The molecule has 0 atom stereocenters. The third kappa shape index (κ3) is 1.77. The van der Waals surface area contributed by atoms with E-state index in [4.69, 9.17) is 5.41 Å². The third-order valence-corrected chi connectivity index (χ3v) is 2.24. The van der Waals surface area contributed by atoms with Gasteiger partial charge in [0.15, 0.2) is 10.8 Å². The Kier molecular flexibility index (Phi) is 2.24. The minimum absolute atomic E-state index is 0.475. The van der Waals surface area contributed by atoms with E-state index in [0.717, 1.165) is 10.7 Å². The van der Waals surface area contributed by atoms with Gasteiger partial charge in [-0.25, -0.2) is 4.98 Å². The van der Waals surface area contributed by atoms with Crippen molar-refractivity contribution in [3.05, 3.63) is 16.1 Å². The maximum Gasteiger partial charge on any atom is 0.158 e. The van der Waals surface area contributed by atoms with E-state index in [1.165, 1.54) is 11.3 Å². The van der Waals surface area contributed by atoms with Gasteiger partial charge in [0.25, 0.3) is 0 Å². The molecule has 0 radical (unpaired) electrons. The zero-order chi connectivity index (χ0) is 8.43. The predicted octanol–water partition coefficient (Wildman–Crippen LogP) is 1.34. The van der Waals surface area contributed by atoms with Crippen molar-refractivity contribution in [3.63, 3.8) is 0 Å². The fourth-order valence-corrected chi connectivity index (χ4v) is 1.48. The smallest absolute Gasteiger partial charge is 0.158 e. The van der Waals surface area contributed by atoms with Crippen molar-refractivity contribution in [2.75, 3.05) is 14.1 Å². The summed E-state index contributed by atoms with van der Waals surface area (Å²) in [5.41, 5.74) is 0.983. The Balaban J connectivity index is 2.85. The van der Waals surface area contributed by atoms with Gasteiger partial charge >= 0.3 is 0 Å². The molecule has 0 aliphatic heterocycles. The first-order chi connectivity index (χ1) is 5.11. The van der Waals surface area contributed by atoms with E-state index >= 15 is 0 Å². The highest BCUT2D eigenvalue weighted by Gasteiger charge is 2.06. The highest BCUT2D eigenvalue weighted by molar-refractivity contribution is 7.11. The Hall–Kier alpha value is -0.900. The lowest BCUT2D eigenvalue weighted by atomic mass is 10.5. The van der Waals surface area contributed by atoms with Crippen LogP contribution in [0.1, 0.15) is 10.7 Å². The van der Waals surface area contributed by atoms with E-state index in [9.17, 15) is 0 Å². The first-order valence-electron chi connectivity index (χ1n) is 3.29. The average molecular weight is 169 g/mol. The van der Waals surface area contributed by atoms with Gasteiger partial charge in [-0.05, 0) is 6.92 Å². The van der Waals surface area contributed by atoms with Crippen LogP contribution >= 0.6 is 11.3 Å². The summed E-state index contributed by atoms with van der Waals surface area (Å²) < 4.78 is 0. The van der Waals surface area contributed by atoms with Gasteiger partial charge in [0, 0.05) is 25.2 Å². The Bertz CT molecular complexity index is 264. The largest absolute Gasteiger partial charge is 0.361 e. The molecule has 0 amide bonds. The Morgan fingerprint density at radius 3 is 2.64 bits per heavy atom. The highest BCUT2D eigenvalue weighted by atomic mass is 32.1. The fourth-order valence-electron chi connectivity index (χ4n) is 0.654. The summed E-state index contributed by atoms with van der Waals surface area (Å²) >= 11 is 1.51. The molecule has 0 aliphatic carbocycles. The number of nitrogens with zero attached hydrogens (tertiary/aromatic N) is 2. The molecule has 1 heterocycles. The van der Waals surface area contributed by atoms with E-state index in [1.54, 1.807) is 4.90 Å². The summed E-state index contributed by atoms with van der Waals surface area (Å²) in [7, 11) is 3.69. The summed E-state index contributed by atoms with van der Waals surface area (Å²) in [5, 5.41) is 10.3. The number of amidine groups is 1. The molecule has 0 spiro atoms. The van der Waals surface area contributed by atoms with Crippen LogP contribution in [0.5, 0.6) is 0 Å². The predicted molar refractivity (Wildman–Crippen MR) is 47.4 cm³/mol. The number of thiazole rings is 1. The van der Waals surface area contributed by atoms with Crippen LogP contribution in [0, 0.1) is 12.3 Å². The summed E-state index contributed by atoms with van der Waals surface area (Å²) in [4.78, 5) is 5.93. The van der Waals surface area contributed by atoms with Gasteiger partial charge in [0.1, 0.15) is 0 Å². The first-order valence-corrected chi connectivity index (χ1v) is 4.17. The average Bonchev–Trinajstić information content (AvgIpc) is 2.34. The van der Waals surface area contributed by atoms with Crippen LogP contribution in [0.3, 0.4) is 0 Å². The lowest BCUT2D eigenvalue weighted by Crippen LogP contribution is -2.21. The molecule has 0 bridgehead atoms. The molecule has 11 heavy (non-hydrogen) atoms. The van der Waals surface area contributed by atoms with Crippen LogP contribution in [0.2, 0.25) is 0 Å². The van der Waals surface area contributed by atoms with Gasteiger partial charge in [0.05, 0.1) is 0 Å². The second-order valence-electron chi connectivity index (χ2n) is 2.54. The van der Waals surface area contributed by atoms with Crippen LogP contribution in [-0.4, -0.2) is 29.8 Å². The van der Waals surface area contributed by atoms with Crippen molar-refractivity contribution in [1.29, 1.82) is 5.41 Å². The van der Waals surface area contributed by atoms with Gasteiger partial charge in [-0.3, -0.25) is 5.41 Å². The topological polar surface area (TPSA) is 40.0 Å². The van der Waals surface area contributed by atoms with Crippen LogP contribution in [0.25, 0.3) is 0 Å². The minimum Gasteiger partial charge on any atom is -0.361 e. The number of rotatable bonds is 1.